The van der Waals surface area contributed by atoms with Crippen LogP contribution in [0, 0.1) is 5.92 Å². The summed E-state index contributed by atoms with van der Waals surface area (Å²) >= 11 is 7.25. The third kappa shape index (κ3) is 5.06. The molecule has 0 radical (unpaired) electrons. The normalized spacial score (nSPS) is 10.7. The molecule has 1 amide bonds. The number of hydrogen-bond donors (Lipinski definition) is 1. The minimum atomic E-state index is -0.0218. The number of halogens is 1. The van der Waals surface area contributed by atoms with E-state index in [0.29, 0.717) is 29.0 Å². The second-order valence-electron chi connectivity index (χ2n) is 5.17. The number of thiophene rings is 1. The van der Waals surface area contributed by atoms with E-state index < -0.39 is 0 Å². The summed E-state index contributed by atoms with van der Waals surface area (Å²) in [6.45, 7) is 5.27. The summed E-state index contributed by atoms with van der Waals surface area (Å²) in [5.74, 6) is 1.18. The van der Waals surface area contributed by atoms with Gasteiger partial charge in [0.15, 0.2) is 0 Å². The van der Waals surface area contributed by atoms with Crippen molar-refractivity contribution in [3.63, 3.8) is 0 Å². The van der Waals surface area contributed by atoms with Crippen molar-refractivity contribution in [2.75, 3.05) is 6.54 Å². The van der Waals surface area contributed by atoms with E-state index in [1.54, 1.807) is 12.1 Å². The molecule has 21 heavy (non-hydrogen) atoms. The lowest BCUT2D eigenvalue weighted by atomic mass is 10.2. The number of benzene rings is 1. The first-order valence-corrected chi connectivity index (χ1v) is 8.04. The zero-order valence-corrected chi connectivity index (χ0v) is 13.6. The molecule has 2 aromatic rings. The molecule has 3 nitrogen and oxygen atoms in total. The fraction of sp³-hybridized carbons (Fsp3) is 0.312. The van der Waals surface area contributed by atoms with Gasteiger partial charge in [-0.2, -0.15) is 0 Å². The molecule has 1 aromatic heterocycles. The predicted molar refractivity (Wildman–Crippen MR) is 87.3 cm³/mol. The highest BCUT2D eigenvalue weighted by Gasteiger charge is 2.09. The Hall–Kier alpha value is -1.52. The number of rotatable bonds is 6. The van der Waals surface area contributed by atoms with E-state index in [1.165, 1.54) is 11.3 Å². The van der Waals surface area contributed by atoms with Gasteiger partial charge in [-0.05, 0) is 41.6 Å². The Balaban J connectivity index is 1.88. The first kappa shape index (κ1) is 15.9. The lowest BCUT2D eigenvalue weighted by molar-refractivity contribution is 0.0953. The van der Waals surface area contributed by atoms with Gasteiger partial charge < -0.3 is 10.1 Å². The Bertz CT molecular complexity index is 593. The molecule has 0 saturated carbocycles. The van der Waals surface area contributed by atoms with Gasteiger partial charge in [0.05, 0.1) is 4.88 Å². The van der Waals surface area contributed by atoms with Crippen molar-refractivity contribution >= 4 is 28.8 Å². The van der Waals surface area contributed by atoms with Gasteiger partial charge in [-0.3, -0.25) is 4.79 Å². The van der Waals surface area contributed by atoms with E-state index in [2.05, 4.69) is 19.2 Å². The number of carbonyl (C=O) groups is 1. The van der Waals surface area contributed by atoms with Gasteiger partial charge in [0.2, 0.25) is 0 Å². The van der Waals surface area contributed by atoms with E-state index >= 15 is 0 Å². The maximum atomic E-state index is 11.9. The summed E-state index contributed by atoms with van der Waals surface area (Å²) in [5, 5.41) is 5.53. The van der Waals surface area contributed by atoms with E-state index in [1.807, 2.05) is 23.6 Å². The molecule has 0 saturated heterocycles. The van der Waals surface area contributed by atoms with Gasteiger partial charge in [-0.25, -0.2) is 0 Å². The molecule has 2 rings (SSSR count). The van der Waals surface area contributed by atoms with Crippen molar-refractivity contribution < 1.29 is 9.53 Å². The van der Waals surface area contributed by atoms with Crippen molar-refractivity contribution in [3.8, 4) is 5.75 Å². The molecule has 0 aliphatic heterocycles. The molecule has 0 bridgehead atoms. The Morgan fingerprint density at radius 3 is 2.71 bits per heavy atom. The lowest BCUT2D eigenvalue weighted by Gasteiger charge is -2.06. The van der Waals surface area contributed by atoms with Gasteiger partial charge in [-0.1, -0.05) is 25.4 Å². The van der Waals surface area contributed by atoms with Crippen LogP contribution in [0.3, 0.4) is 0 Å². The summed E-state index contributed by atoms with van der Waals surface area (Å²) in [7, 11) is 0. The SMILES string of the molecule is CC(C)CNC(=O)c1cc(COc2ccc(Cl)cc2)cs1. The summed E-state index contributed by atoms with van der Waals surface area (Å²) in [5.41, 5.74) is 0.990. The van der Waals surface area contributed by atoms with Crippen molar-refractivity contribution in [1.82, 2.24) is 5.32 Å². The molecule has 0 aliphatic rings. The fourth-order valence-electron chi connectivity index (χ4n) is 1.65. The van der Waals surface area contributed by atoms with Crippen LogP contribution in [-0.2, 0) is 6.61 Å². The van der Waals surface area contributed by atoms with Crippen molar-refractivity contribution in [3.05, 3.63) is 51.2 Å². The molecule has 0 spiro atoms. The van der Waals surface area contributed by atoms with Gasteiger partial charge >= 0.3 is 0 Å². The molecule has 0 unspecified atom stereocenters. The number of ether oxygens (including phenoxy) is 1. The number of nitrogens with one attached hydrogen (secondary N) is 1. The average molecular weight is 324 g/mol. The minimum absolute atomic E-state index is 0.0218. The Labute approximate surface area is 133 Å². The van der Waals surface area contributed by atoms with Crippen LogP contribution in [0.1, 0.15) is 29.1 Å². The van der Waals surface area contributed by atoms with Gasteiger partial charge in [0.1, 0.15) is 12.4 Å². The molecule has 0 fully saturated rings. The van der Waals surface area contributed by atoms with Gasteiger partial charge in [0, 0.05) is 17.1 Å². The smallest absolute Gasteiger partial charge is 0.261 e. The Morgan fingerprint density at radius 1 is 1.33 bits per heavy atom. The number of carbonyl (C=O) groups excluding carboxylic acids is 1. The first-order chi connectivity index (χ1) is 10.0. The maximum absolute atomic E-state index is 11.9. The average Bonchev–Trinajstić information content (AvgIpc) is 2.93. The molecular formula is C16H18ClNO2S. The van der Waals surface area contributed by atoms with Crippen molar-refractivity contribution in [2.24, 2.45) is 5.92 Å². The van der Waals surface area contributed by atoms with Gasteiger partial charge in [-0.15, -0.1) is 11.3 Å². The lowest BCUT2D eigenvalue weighted by Crippen LogP contribution is -2.26. The molecule has 5 heteroatoms. The van der Waals surface area contributed by atoms with Crippen LogP contribution < -0.4 is 10.1 Å². The second-order valence-corrected chi connectivity index (χ2v) is 6.51. The van der Waals surface area contributed by atoms with E-state index in [9.17, 15) is 4.79 Å². The van der Waals surface area contributed by atoms with Crippen LogP contribution in [0.15, 0.2) is 35.7 Å². The van der Waals surface area contributed by atoms with Crippen LogP contribution in [0.2, 0.25) is 5.02 Å². The zero-order valence-electron chi connectivity index (χ0n) is 12.1. The molecule has 0 atom stereocenters. The predicted octanol–water partition coefficient (Wildman–Crippen LogP) is 4.37. The standard InChI is InChI=1S/C16H18ClNO2S/c1-11(2)8-18-16(19)15-7-12(10-21-15)9-20-14-5-3-13(17)4-6-14/h3-7,10-11H,8-9H2,1-2H3,(H,18,19). The van der Waals surface area contributed by atoms with Gasteiger partial charge in [0.25, 0.3) is 5.91 Å². The van der Waals surface area contributed by atoms with Crippen molar-refractivity contribution in [1.29, 1.82) is 0 Å². The highest BCUT2D eigenvalue weighted by Crippen LogP contribution is 2.19. The van der Waals surface area contributed by atoms with Crippen LogP contribution in [0.4, 0.5) is 0 Å². The van der Waals surface area contributed by atoms with Crippen LogP contribution in [-0.4, -0.2) is 12.5 Å². The quantitative estimate of drug-likeness (QED) is 0.857. The largest absolute Gasteiger partial charge is 0.489 e. The maximum Gasteiger partial charge on any atom is 0.261 e. The van der Waals surface area contributed by atoms with Crippen LogP contribution in [0.5, 0.6) is 5.75 Å². The molecule has 0 aliphatic carbocycles. The monoisotopic (exact) mass is 323 g/mol. The highest BCUT2D eigenvalue weighted by molar-refractivity contribution is 7.12. The van der Waals surface area contributed by atoms with Crippen molar-refractivity contribution in [2.45, 2.75) is 20.5 Å². The highest BCUT2D eigenvalue weighted by atomic mass is 35.5. The van der Waals surface area contributed by atoms with E-state index in [0.717, 1.165) is 11.3 Å². The number of hydrogen-bond acceptors (Lipinski definition) is 3. The van der Waals surface area contributed by atoms with Crippen LogP contribution in [0.25, 0.3) is 0 Å². The second kappa shape index (κ2) is 7.48. The summed E-state index contributed by atoms with van der Waals surface area (Å²) < 4.78 is 5.65. The van der Waals surface area contributed by atoms with E-state index in [-0.39, 0.29) is 5.91 Å². The molecular weight excluding hydrogens is 306 g/mol. The third-order valence-electron chi connectivity index (χ3n) is 2.77. The third-order valence-corrected chi connectivity index (χ3v) is 4.00. The summed E-state index contributed by atoms with van der Waals surface area (Å²) in [6, 6.07) is 9.09. The van der Waals surface area contributed by atoms with Crippen LogP contribution >= 0.6 is 22.9 Å². The Morgan fingerprint density at radius 2 is 2.05 bits per heavy atom. The summed E-state index contributed by atoms with van der Waals surface area (Å²) in [4.78, 5) is 12.6. The summed E-state index contributed by atoms with van der Waals surface area (Å²) in [6.07, 6.45) is 0. The molecule has 1 aromatic carbocycles. The molecule has 1 heterocycles. The van der Waals surface area contributed by atoms with E-state index in [4.69, 9.17) is 16.3 Å². The first-order valence-electron chi connectivity index (χ1n) is 6.78. The molecule has 112 valence electrons. The Kier molecular flexibility index (Phi) is 5.65. The molecule has 1 N–H and O–H groups in total. The minimum Gasteiger partial charge on any atom is -0.489 e. The zero-order chi connectivity index (χ0) is 15.2. The fourth-order valence-corrected chi connectivity index (χ4v) is 2.59. The number of amides is 1. The topological polar surface area (TPSA) is 38.3 Å².